The van der Waals surface area contributed by atoms with Crippen LogP contribution in [0, 0.1) is 0 Å². The second kappa shape index (κ2) is 7.24. The molecule has 0 spiro atoms. The summed E-state index contributed by atoms with van der Waals surface area (Å²) >= 11 is 0. The average molecular weight is 300 g/mol. The van der Waals surface area contributed by atoms with Gasteiger partial charge in [-0.15, -0.1) is 0 Å². The summed E-state index contributed by atoms with van der Waals surface area (Å²) in [5.41, 5.74) is 1.84. The van der Waals surface area contributed by atoms with Crippen LogP contribution < -0.4 is 5.32 Å². The lowest BCUT2D eigenvalue weighted by molar-refractivity contribution is -0.0292. The number of nitrogens with one attached hydrogen (secondary N) is 1. The van der Waals surface area contributed by atoms with Gasteiger partial charge in [0, 0.05) is 26.2 Å². The van der Waals surface area contributed by atoms with Crippen LogP contribution in [0.25, 0.3) is 0 Å². The van der Waals surface area contributed by atoms with Crippen molar-refractivity contribution in [3.63, 3.8) is 0 Å². The van der Waals surface area contributed by atoms with Gasteiger partial charge < -0.3 is 14.5 Å². The number of carbonyl (C=O) groups is 1. The van der Waals surface area contributed by atoms with Crippen molar-refractivity contribution in [2.75, 3.05) is 26.2 Å². The molecule has 1 aliphatic heterocycles. The first kappa shape index (κ1) is 14.8. The highest BCUT2D eigenvalue weighted by Gasteiger charge is 2.21. The van der Waals surface area contributed by atoms with Crippen molar-refractivity contribution in [3.8, 4) is 0 Å². The van der Waals surface area contributed by atoms with Crippen molar-refractivity contribution in [2.24, 2.45) is 0 Å². The maximum atomic E-state index is 11.9. The second-order valence-electron chi connectivity index (χ2n) is 5.44. The first-order chi connectivity index (χ1) is 10.8. The fraction of sp³-hybridized carbons (Fsp3) is 0.353. The van der Waals surface area contributed by atoms with Gasteiger partial charge in [0.25, 0.3) is 5.91 Å². The molecule has 1 aromatic carbocycles. The topological polar surface area (TPSA) is 54.7 Å². The van der Waals surface area contributed by atoms with E-state index < -0.39 is 0 Å². The summed E-state index contributed by atoms with van der Waals surface area (Å²) in [5, 5.41) is 2.89. The third-order valence-electron chi connectivity index (χ3n) is 3.75. The molecular weight excluding hydrogens is 280 g/mol. The molecule has 1 saturated heterocycles. The summed E-state index contributed by atoms with van der Waals surface area (Å²) in [6.07, 6.45) is 2.96. The van der Waals surface area contributed by atoms with Crippen molar-refractivity contribution in [1.29, 1.82) is 0 Å². The molecule has 0 unspecified atom stereocenters. The smallest absolute Gasteiger partial charge is 0.254 e. The Kier molecular flexibility index (Phi) is 4.88. The minimum Gasteiger partial charge on any atom is -0.472 e. The van der Waals surface area contributed by atoms with Crippen LogP contribution in [0.4, 0.5) is 0 Å². The summed E-state index contributed by atoms with van der Waals surface area (Å²) in [7, 11) is 0. The normalized spacial score (nSPS) is 19.0. The van der Waals surface area contributed by atoms with Crippen molar-refractivity contribution >= 4 is 5.91 Å². The number of hydrogen-bond acceptors (Lipinski definition) is 4. The Labute approximate surface area is 129 Å². The molecule has 0 radical (unpaired) electrons. The maximum absolute atomic E-state index is 11.9. The largest absolute Gasteiger partial charge is 0.472 e. The van der Waals surface area contributed by atoms with Gasteiger partial charge in [0.2, 0.25) is 0 Å². The third kappa shape index (κ3) is 3.96. The first-order valence-electron chi connectivity index (χ1n) is 7.49. The second-order valence-corrected chi connectivity index (χ2v) is 5.44. The Bertz CT molecular complexity index is 583. The quantitative estimate of drug-likeness (QED) is 0.916. The standard InChI is InChI=1S/C17H20N2O3/c20-17(15-6-8-21-13-15)18-10-16-12-19(7-9-22-16)11-14-4-2-1-3-5-14/h1-6,8,13,16H,7,9-12H2,(H,18,20)/t16-/m0/s1. The summed E-state index contributed by atoms with van der Waals surface area (Å²) in [5.74, 6) is -0.127. The van der Waals surface area contributed by atoms with Gasteiger partial charge in [-0.25, -0.2) is 0 Å². The zero-order chi connectivity index (χ0) is 15.2. The van der Waals surface area contributed by atoms with E-state index >= 15 is 0 Å². The van der Waals surface area contributed by atoms with Crippen LogP contribution in [0.3, 0.4) is 0 Å². The van der Waals surface area contributed by atoms with E-state index in [0.29, 0.717) is 18.7 Å². The number of amides is 1. The van der Waals surface area contributed by atoms with Crippen LogP contribution in [-0.4, -0.2) is 43.2 Å². The lowest BCUT2D eigenvalue weighted by Gasteiger charge is -2.33. The monoisotopic (exact) mass is 300 g/mol. The van der Waals surface area contributed by atoms with Crippen molar-refractivity contribution in [3.05, 3.63) is 60.1 Å². The lowest BCUT2D eigenvalue weighted by Crippen LogP contribution is -2.47. The zero-order valence-corrected chi connectivity index (χ0v) is 12.4. The Balaban J connectivity index is 1.47. The van der Waals surface area contributed by atoms with E-state index in [2.05, 4.69) is 34.5 Å². The Morgan fingerprint density at radius 1 is 1.27 bits per heavy atom. The Morgan fingerprint density at radius 3 is 2.91 bits per heavy atom. The van der Waals surface area contributed by atoms with Gasteiger partial charge in [0.05, 0.1) is 24.5 Å². The average Bonchev–Trinajstić information content (AvgIpc) is 3.08. The van der Waals surface area contributed by atoms with Crippen LogP contribution in [0.2, 0.25) is 0 Å². The number of furan rings is 1. The molecule has 3 rings (SSSR count). The van der Waals surface area contributed by atoms with E-state index in [9.17, 15) is 4.79 Å². The molecule has 1 aliphatic rings. The summed E-state index contributed by atoms with van der Waals surface area (Å²) in [4.78, 5) is 14.2. The van der Waals surface area contributed by atoms with E-state index in [1.54, 1.807) is 6.07 Å². The Morgan fingerprint density at radius 2 is 2.14 bits per heavy atom. The SMILES string of the molecule is O=C(NC[C@H]1CN(Cc2ccccc2)CCO1)c1ccoc1. The highest BCUT2D eigenvalue weighted by Crippen LogP contribution is 2.10. The molecule has 1 N–H and O–H groups in total. The predicted octanol–water partition coefficient (Wildman–Crippen LogP) is 1.91. The molecule has 5 heteroatoms. The molecule has 1 atom stereocenters. The van der Waals surface area contributed by atoms with Crippen LogP contribution in [-0.2, 0) is 11.3 Å². The molecule has 0 aliphatic carbocycles. The predicted molar refractivity (Wildman–Crippen MR) is 82.5 cm³/mol. The van der Waals surface area contributed by atoms with Gasteiger partial charge in [-0.1, -0.05) is 30.3 Å². The van der Waals surface area contributed by atoms with Crippen molar-refractivity contribution < 1.29 is 13.9 Å². The van der Waals surface area contributed by atoms with Gasteiger partial charge >= 0.3 is 0 Å². The van der Waals surface area contributed by atoms with Crippen LogP contribution in [0.5, 0.6) is 0 Å². The fourth-order valence-electron chi connectivity index (χ4n) is 2.59. The number of hydrogen-bond donors (Lipinski definition) is 1. The maximum Gasteiger partial charge on any atom is 0.254 e. The van der Waals surface area contributed by atoms with E-state index in [-0.39, 0.29) is 12.0 Å². The molecule has 116 valence electrons. The number of rotatable bonds is 5. The molecule has 5 nitrogen and oxygen atoms in total. The number of nitrogens with zero attached hydrogens (tertiary/aromatic N) is 1. The lowest BCUT2D eigenvalue weighted by atomic mass is 10.2. The minimum atomic E-state index is -0.127. The molecule has 1 amide bonds. The van der Waals surface area contributed by atoms with Crippen LogP contribution in [0.15, 0.2) is 53.3 Å². The van der Waals surface area contributed by atoms with Crippen LogP contribution >= 0.6 is 0 Å². The molecular formula is C17H20N2O3. The van der Waals surface area contributed by atoms with Gasteiger partial charge in [-0.05, 0) is 11.6 Å². The molecule has 22 heavy (non-hydrogen) atoms. The van der Waals surface area contributed by atoms with Gasteiger partial charge in [-0.3, -0.25) is 9.69 Å². The molecule has 2 aromatic rings. The number of ether oxygens (including phenoxy) is 1. The number of morpholine rings is 1. The van der Waals surface area contributed by atoms with Crippen molar-refractivity contribution in [1.82, 2.24) is 10.2 Å². The van der Waals surface area contributed by atoms with E-state index in [1.165, 1.54) is 18.1 Å². The summed E-state index contributed by atoms with van der Waals surface area (Å²) in [6.45, 7) is 3.85. The summed E-state index contributed by atoms with van der Waals surface area (Å²) < 4.78 is 10.6. The molecule has 0 bridgehead atoms. The van der Waals surface area contributed by atoms with E-state index in [1.807, 2.05) is 6.07 Å². The van der Waals surface area contributed by atoms with Crippen molar-refractivity contribution in [2.45, 2.75) is 12.6 Å². The highest BCUT2D eigenvalue weighted by molar-refractivity contribution is 5.93. The highest BCUT2D eigenvalue weighted by atomic mass is 16.5. The summed E-state index contributed by atoms with van der Waals surface area (Å²) in [6, 6.07) is 12.0. The molecule has 1 fully saturated rings. The van der Waals surface area contributed by atoms with Crippen LogP contribution in [0.1, 0.15) is 15.9 Å². The first-order valence-corrected chi connectivity index (χ1v) is 7.49. The zero-order valence-electron chi connectivity index (χ0n) is 12.4. The van der Waals surface area contributed by atoms with Gasteiger partial charge in [-0.2, -0.15) is 0 Å². The number of benzene rings is 1. The fourth-order valence-corrected chi connectivity index (χ4v) is 2.59. The number of carbonyl (C=O) groups excluding carboxylic acids is 1. The Hall–Kier alpha value is -2.11. The van der Waals surface area contributed by atoms with Gasteiger partial charge in [0.15, 0.2) is 0 Å². The van der Waals surface area contributed by atoms with Gasteiger partial charge in [0.1, 0.15) is 6.26 Å². The third-order valence-corrected chi connectivity index (χ3v) is 3.75. The minimum absolute atomic E-state index is 0.0216. The van der Waals surface area contributed by atoms with E-state index in [4.69, 9.17) is 9.15 Å². The molecule has 0 saturated carbocycles. The molecule has 1 aromatic heterocycles. The van der Waals surface area contributed by atoms with E-state index in [0.717, 1.165) is 19.6 Å². The molecule has 2 heterocycles.